The summed E-state index contributed by atoms with van der Waals surface area (Å²) in [4.78, 5) is 36.4. The van der Waals surface area contributed by atoms with Crippen molar-refractivity contribution in [3.05, 3.63) is 84.4 Å². The lowest BCUT2D eigenvalue weighted by atomic mass is 10.2. The minimum atomic E-state index is -0.809. The van der Waals surface area contributed by atoms with Crippen LogP contribution in [0.15, 0.2) is 78.9 Å². The fourth-order valence-electron chi connectivity index (χ4n) is 2.97. The Morgan fingerprint density at radius 3 is 2.09 bits per heavy atom. The molecule has 0 aliphatic rings. The van der Waals surface area contributed by atoms with Crippen LogP contribution in [0.1, 0.15) is 30.1 Å². The van der Waals surface area contributed by atoms with E-state index in [4.69, 9.17) is 14.2 Å². The Balaban J connectivity index is 1.51. The molecule has 8 nitrogen and oxygen atoms in total. The van der Waals surface area contributed by atoms with Crippen LogP contribution in [-0.4, -0.2) is 31.2 Å². The van der Waals surface area contributed by atoms with E-state index in [1.165, 1.54) is 24.3 Å². The van der Waals surface area contributed by atoms with Gasteiger partial charge in [0.25, 0.3) is 5.91 Å². The predicted molar refractivity (Wildman–Crippen MR) is 128 cm³/mol. The fourth-order valence-corrected chi connectivity index (χ4v) is 2.97. The van der Waals surface area contributed by atoms with E-state index in [9.17, 15) is 14.4 Å². The van der Waals surface area contributed by atoms with E-state index in [0.29, 0.717) is 30.0 Å². The van der Waals surface area contributed by atoms with Gasteiger partial charge in [-0.15, -0.1) is 0 Å². The molecular formula is C26H26N2O6. The third-order valence-electron chi connectivity index (χ3n) is 4.59. The minimum absolute atomic E-state index is 0.182. The molecule has 0 saturated carbocycles. The Hall–Kier alpha value is -4.33. The quantitative estimate of drug-likeness (QED) is 0.242. The molecule has 34 heavy (non-hydrogen) atoms. The molecule has 8 heteroatoms. The van der Waals surface area contributed by atoms with Crippen molar-refractivity contribution in [3.63, 3.8) is 0 Å². The average Bonchev–Trinajstić information content (AvgIpc) is 2.84. The van der Waals surface area contributed by atoms with E-state index in [0.717, 1.165) is 5.75 Å². The van der Waals surface area contributed by atoms with Gasteiger partial charge in [0.15, 0.2) is 0 Å². The number of benzene rings is 3. The Morgan fingerprint density at radius 2 is 1.41 bits per heavy atom. The normalized spacial score (nSPS) is 10.1. The van der Waals surface area contributed by atoms with Crippen LogP contribution in [-0.2, 0) is 9.53 Å². The highest BCUT2D eigenvalue weighted by atomic mass is 16.7. The standard InChI is InChI=1S/C26H26N2O6/c1-2-32-26(31)34-21-16-14-19(15-17-21)25(30)28-23-12-7-6-11-22(23)27-24(29)13-8-18-33-20-9-4-3-5-10-20/h3-7,9-12,14-17H,2,8,13,18H2,1H3,(H,27,29)(H,28,30). The fraction of sp³-hybridized carbons (Fsp3) is 0.192. The van der Waals surface area contributed by atoms with Crippen molar-refractivity contribution in [2.75, 3.05) is 23.8 Å². The monoisotopic (exact) mass is 462 g/mol. The second kappa shape index (κ2) is 12.6. The van der Waals surface area contributed by atoms with Gasteiger partial charge in [-0.25, -0.2) is 4.79 Å². The summed E-state index contributed by atoms with van der Waals surface area (Å²) in [5.74, 6) is 0.467. The van der Waals surface area contributed by atoms with Crippen LogP contribution < -0.4 is 20.1 Å². The first-order valence-corrected chi connectivity index (χ1v) is 10.9. The molecule has 0 aliphatic carbocycles. The molecule has 2 amide bonds. The Labute approximate surface area is 197 Å². The van der Waals surface area contributed by atoms with Crippen LogP contribution in [0.25, 0.3) is 0 Å². The topological polar surface area (TPSA) is 103 Å². The number of amides is 2. The highest BCUT2D eigenvalue weighted by Crippen LogP contribution is 2.23. The molecule has 0 atom stereocenters. The molecule has 0 unspecified atom stereocenters. The van der Waals surface area contributed by atoms with Gasteiger partial charge in [-0.05, 0) is 61.9 Å². The van der Waals surface area contributed by atoms with E-state index < -0.39 is 6.16 Å². The van der Waals surface area contributed by atoms with Crippen LogP contribution in [0.3, 0.4) is 0 Å². The largest absolute Gasteiger partial charge is 0.513 e. The number of carbonyl (C=O) groups excluding carboxylic acids is 3. The summed E-state index contributed by atoms with van der Waals surface area (Å²) < 4.78 is 15.3. The Morgan fingerprint density at radius 1 is 0.765 bits per heavy atom. The summed E-state index contributed by atoms with van der Waals surface area (Å²) in [6.07, 6.45) is 0.0166. The molecular weight excluding hydrogens is 436 g/mol. The van der Waals surface area contributed by atoms with Crippen LogP contribution >= 0.6 is 0 Å². The van der Waals surface area contributed by atoms with Gasteiger partial charge in [0, 0.05) is 12.0 Å². The van der Waals surface area contributed by atoms with Crippen LogP contribution in [0.5, 0.6) is 11.5 Å². The Kier molecular flexibility index (Phi) is 9.04. The van der Waals surface area contributed by atoms with Crippen molar-refractivity contribution >= 4 is 29.3 Å². The maximum absolute atomic E-state index is 12.7. The molecule has 0 fully saturated rings. The average molecular weight is 463 g/mol. The van der Waals surface area contributed by atoms with Gasteiger partial charge < -0.3 is 24.8 Å². The third-order valence-corrected chi connectivity index (χ3v) is 4.59. The summed E-state index contributed by atoms with van der Waals surface area (Å²) in [6, 6.07) is 22.4. The maximum atomic E-state index is 12.7. The molecule has 3 aromatic rings. The smallest absolute Gasteiger partial charge is 0.494 e. The zero-order chi connectivity index (χ0) is 24.2. The van der Waals surface area contributed by atoms with Gasteiger partial charge in [0.1, 0.15) is 11.5 Å². The summed E-state index contributed by atoms with van der Waals surface area (Å²) in [7, 11) is 0. The molecule has 0 radical (unpaired) electrons. The Bertz CT molecular complexity index is 1100. The van der Waals surface area contributed by atoms with Crippen molar-refractivity contribution in [1.82, 2.24) is 0 Å². The first-order chi connectivity index (χ1) is 16.5. The first-order valence-electron chi connectivity index (χ1n) is 10.9. The number of nitrogens with one attached hydrogen (secondary N) is 2. The number of ether oxygens (including phenoxy) is 3. The second-order valence-corrected chi connectivity index (χ2v) is 7.12. The molecule has 2 N–H and O–H groups in total. The first kappa shape index (κ1) is 24.3. The van der Waals surface area contributed by atoms with E-state index in [1.807, 2.05) is 30.3 Å². The van der Waals surface area contributed by atoms with E-state index >= 15 is 0 Å². The molecule has 3 rings (SSSR count). The summed E-state index contributed by atoms with van der Waals surface area (Å²) in [6.45, 7) is 2.30. The molecule has 0 aliphatic heterocycles. The maximum Gasteiger partial charge on any atom is 0.513 e. The number of hydrogen-bond donors (Lipinski definition) is 2. The summed E-state index contributed by atoms with van der Waals surface area (Å²) in [5.41, 5.74) is 1.32. The summed E-state index contributed by atoms with van der Waals surface area (Å²) >= 11 is 0. The van der Waals surface area contributed by atoms with E-state index in [-0.39, 0.29) is 30.6 Å². The van der Waals surface area contributed by atoms with Gasteiger partial charge in [-0.3, -0.25) is 9.59 Å². The highest BCUT2D eigenvalue weighted by Gasteiger charge is 2.12. The van der Waals surface area contributed by atoms with E-state index in [1.54, 1.807) is 31.2 Å². The molecule has 0 spiro atoms. The highest BCUT2D eigenvalue weighted by molar-refractivity contribution is 6.07. The third kappa shape index (κ3) is 7.67. The molecule has 176 valence electrons. The number of para-hydroxylation sites is 3. The van der Waals surface area contributed by atoms with Gasteiger partial charge in [0.2, 0.25) is 5.91 Å². The van der Waals surface area contributed by atoms with Crippen molar-refractivity contribution < 1.29 is 28.6 Å². The van der Waals surface area contributed by atoms with Gasteiger partial charge in [-0.1, -0.05) is 30.3 Å². The molecule has 0 bridgehead atoms. The van der Waals surface area contributed by atoms with Gasteiger partial charge in [-0.2, -0.15) is 0 Å². The van der Waals surface area contributed by atoms with Crippen LogP contribution in [0.2, 0.25) is 0 Å². The number of carbonyl (C=O) groups is 3. The van der Waals surface area contributed by atoms with Crippen LogP contribution in [0.4, 0.5) is 16.2 Å². The molecule has 0 saturated heterocycles. The van der Waals surface area contributed by atoms with Gasteiger partial charge >= 0.3 is 6.16 Å². The zero-order valence-electron chi connectivity index (χ0n) is 18.8. The van der Waals surface area contributed by atoms with Crippen LogP contribution in [0, 0.1) is 0 Å². The van der Waals surface area contributed by atoms with Crippen molar-refractivity contribution in [2.45, 2.75) is 19.8 Å². The van der Waals surface area contributed by atoms with Crippen molar-refractivity contribution in [2.24, 2.45) is 0 Å². The lowest BCUT2D eigenvalue weighted by Crippen LogP contribution is -2.17. The predicted octanol–water partition coefficient (Wildman–Crippen LogP) is 5.27. The SMILES string of the molecule is CCOC(=O)Oc1ccc(C(=O)Nc2ccccc2NC(=O)CCCOc2ccccc2)cc1. The van der Waals surface area contributed by atoms with Crippen molar-refractivity contribution in [3.8, 4) is 11.5 Å². The molecule has 0 heterocycles. The lowest BCUT2D eigenvalue weighted by Gasteiger charge is -2.13. The van der Waals surface area contributed by atoms with Crippen molar-refractivity contribution in [1.29, 1.82) is 0 Å². The lowest BCUT2D eigenvalue weighted by molar-refractivity contribution is -0.116. The number of anilines is 2. The zero-order valence-corrected chi connectivity index (χ0v) is 18.8. The van der Waals surface area contributed by atoms with E-state index in [2.05, 4.69) is 10.6 Å². The number of hydrogen-bond acceptors (Lipinski definition) is 6. The minimum Gasteiger partial charge on any atom is -0.494 e. The second-order valence-electron chi connectivity index (χ2n) is 7.12. The molecule has 3 aromatic carbocycles. The summed E-state index contributed by atoms with van der Waals surface area (Å²) in [5, 5.41) is 5.62. The molecule has 0 aromatic heterocycles. The number of rotatable bonds is 10. The van der Waals surface area contributed by atoms with Gasteiger partial charge in [0.05, 0.1) is 24.6 Å².